The Hall–Kier alpha value is -2.57. The van der Waals surface area contributed by atoms with Crippen molar-refractivity contribution in [2.75, 3.05) is 6.54 Å². The summed E-state index contributed by atoms with van der Waals surface area (Å²) in [7, 11) is 0. The van der Waals surface area contributed by atoms with Gasteiger partial charge in [-0.15, -0.1) is 0 Å². The summed E-state index contributed by atoms with van der Waals surface area (Å²) in [4.78, 5) is 23.1. The minimum atomic E-state index is -1.07. The van der Waals surface area contributed by atoms with Gasteiger partial charge in [0.2, 0.25) is 0 Å². The largest absolute Gasteiger partial charge is 0.352 e. The predicted octanol–water partition coefficient (Wildman–Crippen LogP) is 1.34. The lowest BCUT2D eigenvalue weighted by Crippen LogP contribution is -2.27. The Bertz CT molecular complexity index is 701. The summed E-state index contributed by atoms with van der Waals surface area (Å²) < 4.78 is 27.0. The van der Waals surface area contributed by atoms with Gasteiger partial charge in [0.15, 0.2) is 11.6 Å². The van der Waals surface area contributed by atoms with E-state index in [1.807, 2.05) is 0 Å². The number of amides is 1. The normalized spacial score (nSPS) is 10.4. The van der Waals surface area contributed by atoms with Gasteiger partial charge in [-0.2, -0.15) is 5.10 Å². The lowest BCUT2D eigenvalue weighted by molar-refractivity contribution is 0.0952. The van der Waals surface area contributed by atoms with Gasteiger partial charge in [0.25, 0.3) is 11.5 Å². The molecule has 0 bridgehead atoms. The molecule has 0 saturated heterocycles. The summed E-state index contributed by atoms with van der Waals surface area (Å²) in [5.41, 5.74) is -0.173. The molecule has 0 spiro atoms. The molecule has 0 aliphatic carbocycles. The average Bonchev–Trinajstić information content (AvgIpc) is 2.48. The molecule has 0 aliphatic rings. The van der Waals surface area contributed by atoms with Crippen molar-refractivity contribution in [1.29, 1.82) is 0 Å². The minimum Gasteiger partial charge on any atom is -0.352 e. The van der Waals surface area contributed by atoms with Crippen molar-refractivity contribution in [1.82, 2.24) is 15.1 Å². The fourth-order valence-electron chi connectivity index (χ4n) is 1.73. The monoisotopic (exact) mass is 293 g/mol. The van der Waals surface area contributed by atoms with Gasteiger partial charge in [0, 0.05) is 30.9 Å². The number of nitrogens with one attached hydrogen (secondary N) is 1. The third-order valence-corrected chi connectivity index (χ3v) is 2.80. The molecule has 21 heavy (non-hydrogen) atoms. The van der Waals surface area contributed by atoms with Crippen molar-refractivity contribution in [3.8, 4) is 0 Å². The molecule has 0 radical (unpaired) electrons. The molecule has 2 rings (SSSR count). The highest BCUT2D eigenvalue weighted by atomic mass is 19.2. The van der Waals surface area contributed by atoms with Gasteiger partial charge in [-0.1, -0.05) is 0 Å². The van der Waals surface area contributed by atoms with E-state index in [0.29, 0.717) is 19.5 Å². The molecule has 1 aromatic carbocycles. The maximum atomic E-state index is 13.0. The first kappa shape index (κ1) is 14.8. The molecule has 1 heterocycles. The average molecular weight is 293 g/mol. The molecule has 110 valence electrons. The van der Waals surface area contributed by atoms with Crippen LogP contribution < -0.4 is 10.9 Å². The Morgan fingerprint density at radius 3 is 2.76 bits per heavy atom. The van der Waals surface area contributed by atoms with E-state index in [-0.39, 0.29) is 11.1 Å². The highest BCUT2D eigenvalue weighted by Gasteiger charge is 2.09. The highest BCUT2D eigenvalue weighted by molar-refractivity contribution is 5.94. The number of aryl methyl sites for hydroxylation is 1. The quantitative estimate of drug-likeness (QED) is 0.846. The van der Waals surface area contributed by atoms with E-state index in [1.54, 1.807) is 6.07 Å². The topological polar surface area (TPSA) is 64.0 Å². The molecule has 1 N–H and O–H groups in total. The number of hydrogen-bond acceptors (Lipinski definition) is 3. The number of nitrogens with zero attached hydrogens (tertiary/aromatic N) is 2. The van der Waals surface area contributed by atoms with Crippen LogP contribution in [0, 0.1) is 11.6 Å². The molecule has 0 saturated carbocycles. The van der Waals surface area contributed by atoms with Crippen molar-refractivity contribution < 1.29 is 13.6 Å². The van der Waals surface area contributed by atoms with Crippen molar-refractivity contribution in [2.24, 2.45) is 0 Å². The van der Waals surface area contributed by atoms with Crippen molar-refractivity contribution in [3.63, 3.8) is 0 Å². The first-order valence-corrected chi connectivity index (χ1v) is 6.33. The lowest BCUT2D eigenvalue weighted by Gasteiger charge is -2.06. The van der Waals surface area contributed by atoms with Gasteiger partial charge in [0.05, 0.1) is 0 Å². The van der Waals surface area contributed by atoms with Gasteiger partial charge < -0.3 is 5.32 Å². The lowest BCUT2D eigenvalue weighted by atomic mass is 10.2. The molecular formula is C14H13F2N3O2. The molecule has 1 amide bonds. The Labute approximate surface area is 119 Å². The standard InChI is InChI=1S/C14H13F2N3O2/c15-11-5-4-10(9-12(11)16)14(21)17-6-2-8-19-13(20)3-1-7-18-19/h1,3-5,7,9H,2,6,8H2,(H,17,21). The fourth-order valence-corrected chi connectivity index (χ4v) is 1.73. The van der Waals surface area contributed by atoms with Crippen LogP contribution in [-0.4, -0.2) is 22.2 Å². The van der Waals surface area contributed by atoms with E-state index in [2.05, 4.69) is 10.4 Å². The van der Waals surface area contributed by atoms with Crippen LogP contribution in [0.15, 0.2) is 41.3 Å². The number of rotatable bonds is 5. The summed E-state index contributed by atoms with van der Waals surface area (Å²) >= 11 is 0. The molecule has 0 atom stereocenters. The second-order valence-electron chi connectivity index (χ2n) is 4.32. The zero-order chi connectivity index (χ0) is 15.2. The van der Waals surface area contributed by atoms with Crippen LogP contribution in [0.2, 0.25) is 0 Å². The molecule has 0 unspecified atom stereocenters. The summed E-state index contributed by atoms with van der Waals surface area (Å²) in [6, 6.07) is 5.89. The zero-order valence-electron chi connectivity index (χ0n) is 11.1. The van der Waals surface area contributed by atoms with Crippen molar-refractivity contribution in [2.45, 2.75) is 13.0 Å². The van der Waals surface area contributed by atoms with Crippen LogP contribution in [-0.2, 0) is 6.54 Å². The van der Waals surface area contributed by atoms with Crippen LogP contribution in [0.1, 0.15) is 16.8 Å². The van der Waals surface area contributed by atoms with Crippen LogP contribution in [0.25, 0.3) is 0 Å². The summed E-state index contributed by atoms with van der Waals surface area (Å²) in [5, 5.41) is 6.44. The molecular weight excluding hydrogens is 280 g/mol. The van der Waals surface area contributed by atoms with Crippen molar-refractivity contribution >= 4 is 5.91 Å². The zero-order valence-corrected chi connectivity index (χ0v) is 11.1. The first-order chi connectivity index (χ1) is 10.1. The number of halogens is 2. The number of benzene rings is 1. The number of carbonyl (C=O) groups is 1. The molecule has 5 nitrogen and oxygen atoms in total. The van der Waals surface area contributed by atoms with Gasteiger partial charge >= 0.3 is 0 Å². The van der Waals surface area contributed by atoms with E-state index in [4.69, 9.17) is 0 Å². The van der Waals surface area contributed by atoms with E-state index in [1.165, 1.54) is 23.0 Å². The van der Waals surface area contributed by atoms with Crippen molar-refractivity contribution in [3.05, 3.63) is 64.1 Å². The predicted molar refractivity (Wildman–Crippen MR) is 71.8 cm³/mol. The maximum Gasteiger partial charge on any atom is 0.266 e. The maximum absolute atomic E-state index is 13.0. The summed E-state index contributed by atoms with van der Waals surface area (Å²) in [5.74, 6) is -2.56. The third kappa shape index (κ3) is 3.95. The molecule has 7 heteroatoms. The number of aromatic nitrogens is 2. The third-order valence-electron chi connectivity index (χ3n) is 2.80. The smallest absolute Gasteiger partial charge is 0.266 e. The second kappa shape index (κ2) is 6.74. The van der Waals surface area contributed by atoms with E-state index >= 15 is 0 Å². The molecule has 0 fully saturated rings. The van der Waals surface area contributed by atoms with E-state index < -0.39 is 17.5 Å². The number of hydrogen-bond donors (Lipinski definition) is 1. The fraction of sp³-hybridized carbons (Fsp3) is 0.214. The first-order valence-electron chi connectivity index (χ1n) is 6.33. The van der Waals surface area contributed by atoms with Crippen LogP contribution in [0.4, 0.5) is 8.78 Å². The Kier molecular flexibility index (Phi) is 4.76. The number of carbonyl (C=O) groups excluding carboxylic acids is 1. The molecule has 0 aliphatic heterocycles. The summed E-state index contributed by atoms with van der Waals surface area (Å²) in [6.07, 6.45) is 1.99. The van der Waals surface area contributed by atoms with Crippen LogP contribution >= 0.6 is 0 Å². The van der Waals surface area contributed by atoms with E-state index in [0.717, 1.165) is 12.1 Å². The Morgan fingerprint density at radius 1 is 1.24 bits per heavy atom. The second-order valence-corrected chi connectivity index (χ2v) is 4.32. The van der Waals surface area contributed by atoms with Gasteiger partial charge in [0.1, 0.15) is 0 Å². The van der Waals surface area contributed by atoms with Crippen LogP contribution in [0.3, 0.4) is 0 Å². The molecule has 1 aromatic heterocycles. The Balaban J connectivity index is 1.83. The van der Waals surface area contributed by atoms with Gasteiger partial charge in [-0.3, -0.25) is 9.59 Å². The van der Waals surface area contributed by atoms with Gasteiger partial charge in [-0.05, 0) is 30.7 Å². The molecule has 2 aromatic rings. The Morgan fingerprint density at radius 2 is 2.05 bits per heavy atom. The highest BCUT2D eigenvalue weighted by Crippen LogP contribution is 2.08. The SMILES string of the molecule is O=C(NCCCn1ncccc1=O)c1ccc(F)c(F)c1. The van der Waals surface area contributed by atoms with E-state index in [9.17, 15) is 18.4 Å². The summed E-state index contributed by atoms with van der Waals surface area (Å²) in [6.45, 7) is 0.651. The van der Waals surface area contributed by atoms with Crippen LogP contribution in [0.5, 0.6) is 0 Å². The van der Waals surface area contributed by atoms with Gasteiger partial charge in [-0.25, -0.2) is 13.5 Å². The minimum absolute atomic E-state index is 0.0453.